The molecule has 1 N–H and O–H groups in total. The monoisotopic (exact) mass is 528 g/mol. The maximum absolute atomic E-state index is 5.43. The van der Waals surface area contributed by atoms with E-state index >= 15 is 0 Å². The van der Waals surface area contributed by atoms with Gasteiger partial charge in [0, 0.05) is 74.6 Å². The number of likely N-dealkylation sites (tertiary alicyclic amines) is 1. The lowest BCUT2D eigenvalue weighted by Gasteiger charge is -2.55. The molecule has 0 aromatic carbocycles. The van der Waals surface area contributed by atoms with Crippen LogP contribution in [0.2, 0.25) is 0 Å². The van der Waals surface area contributed by atoms with Crippen LogP contribution in [-0.4, -0.2) is 99.4 Å². The molecule has 9 nitrogen and oxygen atoms in total. The zero-order valence-electron chi connectivity index (χ0n) is 23.9. The Morgan fingerprint density at radius 2 is 1.87 bits per heavy atom. The van der Waals surface area contributed by atoms with Gasteiger partial charge in [0.2, 0.25) is 0 Å². The summed E-state index contributed by atoms with van der Waals surface area (Å²) in [4.78, 5) is 21.2. The predicted octanol–water partition coefficient (Wildman–Crippen LogP) is 3.86. The molecule has 0 amide bonds. The van der Waals surface area contributed by atoms with Crippen LogP contribution in [0.15, 0.2) is 24.7 Å². The predicted molar refractivity (Wildman–Crippen MR) is 155 cm³/mol. The van der Waals surface area contributed by atoms with Crippen molar-refractivity contribution < 1.29 is 4.74 Å². The van der Waals surface area contributed by atoms with E-state index in [0.717, 1.165) is 78.7 Å². The average molecular weight is 529 g/mol. The highest BCUT2D eigenvalue weighted by atomic mass is 16.5. The van der Waals surface area contributed by atoms with Crippen LogP contribution >= 0.6 is 0 Å². The maximum Gasteiger partial charge on any atom is 0.158 e. The van der Waals surface area contributed by atoms with Crippen molar-refractivity contribution in [2.45, 2.75) is 46.6 Å². The van der Waals surface area contributed by atoms with Gasteiger partial charge in [-0.1, -0.05) is 13.8 Å². The number of rotatable bonds is 6. The highest BCUT2D eigenvalue weighted by molar-refractivity contribution is 5.90. The van der Waals surface area contributed by atoms with E-state index in [-0.39, 0.29) is 0 Å². The zero-order valence-corrected chi connectivity index (χ0v) is 23.9. The van der Waals surface area contributed by atoms with Crippen molar-refractivity contribution in [3.05, 3.63) is 41.3 Å². The molecule has 0 aliphatic carbocycles. The fourth-order valence-corrected chi connectivity index (χ4v) is 6.96. The van der Waals surface area contributed by atoms with Gasteiger partial charge in [-0.25, -0.2) is 14.5 Å². The van der Waals surface area contributed by atoms with E-state index in [0.29, 0.717) is 17.4 Å². The first kappa shape index (κ1) is 25.0. The van der Waals surface area contributed by atoms with Gasteiger partial charge in [0.25, 0.3) is 0 Å². The molecule has 9 heteroatoms. The molecule has 206 valence electrons. The number of anilines is 1. The molecule has 0 saturated carbocycles. The zero-order chi connectivity index (χ0) is 26.9. The van der Waals surface area contributed by atoms with Crippen LogP contribution in [0.1, 0.15) is 43.4 Å². The number of hydrogen-bond acceptors (Lipinski definition) is 7. The smallest absolute Gasteiger partial charge is 0.158 e. The number of H-pyrrole nitrogens is 1. The SMILES string of the molecule is Cc1c(-c2[nH]c3ccc(N4CCN(CCN5CC6(COC6)C5)C[C@@H]4C)nc3c2C(C)C)cn2ncnc2c1C. The molecule has 4 aromatic rings. The number of nitrogens with one attached hydrogen (secondary N) is 1. The number of fused-ring (bicyclic) bond motifs is 2. The van der Waals surface area contributed by atoms with E-state index < -0.39 is 0 Å². The topological polar surface area (TPSA) is 77.8 Å². The van der Waals surface area contributed by atoms with Crippen molar-refractivity contribution in [3.63, 3.8) is 0 Å². The summed E-state index contributed by atoms with van der Waals surface area (Å²) in [6.45, 7) is 21.0. The van der Waals surface area contributed by atoms with E-state index in [1.807, 2.05) is 4.52 Å². The number of aryl methyl sites for hydroxylation is 1. The van der Waals surface area contributed by atoms with E-state index in [1.165, 1.54) is 30.8 Å². The number of aromatic nitrogens is 5. The van der Waals surface area contributed by atoms with Crippen LogP contribution in [0.4, 0.5) is 5.82 Å². The number of piperazine rings is 1. The summed E-state index contributed by atoms with van der Waals surface area (Å²) in [5, 5.41) is 4.43. The van der Waals surface area contributed by atoms with Crippen LogP contribution < -0.4 is 4.90 Å². The van der Waals surface area contributed by atoms with Crippen molar-refractivity contribution in [1.82, 2.24) is 34.4 Å². The Labute approximate surface area is 230 Å². The Bertz CT molecular complexity index is 1530. The third-order valence-corrected chi connectivity index (χ3v) is 9.31. The molecular formula is C30H40N8O. The van der Waals surface area contributed by atoms with Crippen LogP contribution in [0.5, 0.6) is 0 Å². The van der Waals surface area contributed by atoms with Gasteiger partial charge in [-0.3, -0.25) is 4.90 Å². The van der Waals surface area contributed by atoms with E-state index in [4.69, 9.17) is 9.72 Å². The quantitative estimate of drug-likeness (QED) is 0.407. The second-order valence-electron chi connectivity index (χ2n) is 12.5. The highest BCUT2D eigenvalue weighted by Crippen LogP contribution is 2.39. The molecule has 7 heterocycles. The Morgan fingerprint density at radius 3 is 2.59 bits per heavy atom. The average Bonchev–Trinajstić information content (AvgIpc) is 3.48. The molecule has 3 aliphatic heterocycles. The summed E-state index contributed by atoms with van der Waals surface area (Å²) in [6.07, 6.45) is 3.73. The summed E-state index contributed by atoms with van der Waals surface area (Å²) in [5.41, 5.74) is 9.53. The van der Waals surface area contributed by atoms with Crippen molar-refractivity contribution in [2.75, 3.05) is 63.9 Å². The van der Waals surface area contributed by atoms with Gasteiger partial charge in [-0.15, -0.1) is 0 Å². The molecule has 3 saturated heterocycles. The number of aromatic amines is 1. The first-order chi connectivity index (χ1) is 18.8. The highest BCUT2D eigenvalue weighted by Gasteiger charge is 2.48. The van der Waals surface area contributed by atoms with Crippen molar-refractivity contribution in [1.29, 1.82) is 0 Å². The fraction of sp³-hybridized carbons (Fsp3) is 0.567. The van der Waals surface area contributed by atoms with Crippen molar-refractivity contribution in [2.24, 2.45) is 5.41 Å². The summed E-state index contributed by atoms with van der Waals surface area (Å²) >= 11 is 0. The third kappa shape index (κ3) is 4.13. The van der Waals surface area contributed by atoms with E-state index in [9.17, 15) is 0 Å². The standard InChI is InChI=1S/C30H40N8O/c1-19(2)26-27(23-13-38-29(31-18-32-38)22(5)21(23)4)33-24-6-7-25(34-28(24)26)37-11-10-35(12-20(37)3)8-9-36-14-30(15-36)16-39-17-30/h6-7,13,18-20,33H,8-12,14-17H2,1-5H3/t20-/m0/s1. The Kier molecular flexibility index (Phi) is 5.95. The molecule has 3 fully saturated rings. The van der Waals surface area contributed by atoms with Crippen LogP contribution in [0, 0.1) is 19.3 Å². The Hall–Kier alpha value is -3.01. The van der Waals surface area contributed by atoms with Crippen LogP contribution in [-0.2, 0) is 4.74 Å². The van der Waals surface area contributed by atoms with Gasteiger partial charge >= 0.3 is 0 Å². The van der Waals surface area contributed by atoms with Gasteiger partial charge < -0.3 is 19.5 Å². The summed E-state index contributed by atoms with van der Waals surface area (Å²) in [6, 6.07) is 4.83. The van der Waals surface area contributed by atoms with Gasteiger partial charge in [-0.05, 0) is 49.9 Å². The number of pyridine rings is 2. The van der Waals surface area contributed by atoms with E-state index in [2.05, 4.69) is 82.7 Å². The Balaban J connectivity index is 1.12. The largest absolute Gasteiger partial charge is 0.380 e. The fourth-order valence-electron chi connectivity index (χ4n) is 6.96. The Morgan fingerprint density at radius 1 is 1.08 bits per heavy atom. The minimum Gasteiger partial charge on any atom is -0.380 e. The van der Waals surface area contributed by atoms with Gasteiger partial charge in [0.05, 0.1) is 29.9 Å². The second kappa shape index (κ2) is 9.28. The van der Waals surface area contributed by atoms with Gasteiger partial charge in [0.1, 0.15) is 12.1 Å². The minimum atomic E-state index is 0.323. The molecule has 4 aromatic heterocycles. The van der Waals surface area contributed by atoms with Crippen LogP contribution in [0.25, 0.3) is 27.9 Å². The molecule has 3 aliphatic rings. The summed E-state index contributed by atoms with van der Waals surface area (Å²) in [5.74, 6) is 1.40. The van der Waals surface area contributed by atoms with Crippen molar-refractivity contribution >= 4 is 22.5 Å². The molecule has 7 rings (SSSR count). The summed E-state index contributed by atoms with van der Waals surface area (Å²) in [7, 11) is 0. The first-order valence-corrected chi connectivity index (χ1v) is 14.4. The normalized spacial score (nSPS) is 21.8. The first-order valence-electron chi connectivity index (χ1n) is 14.4. The number of hydrogen-bond donors (Lipinski definition) is 1. The lowest BCUT2D eigenvalue weighted by atomic mass is 9.78. The van der Waals surface area contributed by atoms with Crippen molar-refractivity contribution in [3.8, 4) is 11.3 Å². The third-order valence-electron chi connectivity index (χ3n) is 9.31. The van der Waals surface area contributed by atoms with Gasteiger partial charge in [-0.2, -0.15) is 5.10 Å². The lowest BCUT2D eigenvalue weighted by Crippen LogP contribution is -2.66. The molecule has 1 spiro atoms. The molecule has 39 heavy (non-hydrogen) atoms. The molecule has 1 atom stereocenters. The summed E-state index contributed by atoms with van der Waals surface area (Å²) < 4.78 is 7.31. The van der Waals surface area contributed by atoms with E-state index in [1.54, 1.807) is 6.33 Å². The number of nitrogens with zero attached hydrogens (tertiary/aromatic N) is 7. The maximum atomic E-state index is 5.43. The van der Waals surface area contributed by atoms with Gasteiger partial charge in [0.15, 0.2) is 5.65 Å². The lowest BCUT2D eigenvalue weighted by molar-refractivity contribution is -0.189. The molecular weight excluding hydrogens is 488 g/mol. The molecule has 0 unspecified atom stereocenters. The molecule has 0 bridgehead atoms. The second-order valence-corrected chi connectivity index (χ2v) is 12.5. The van der Waals surface area contributed by atoms with Crippen LogP contribution in [0.3, 0.4) is 0 Å². The number of ether oxygens (including phenoxy) is 1. The minimum absolute atomic E-state index is 0.323. The molecule has 0 radical (unpaired) electrons.